The molecular weight excluding hydrogens is 324 g/mol. The van der Waals surface area contributed by atoms with E-state index in [4.69, 9.17) is 4.74 Å². The van der Waals surface area contributed by atoms with Crippen LogP contribution in [0.4, 0.5) is 0 Å². The summed E-state index contributed by atoms with van der Waals surface area (Å²) in [5.41, 5.74) is 3.48. The monoisotopic (exact) mass is 346 g/mol. The average Bonchev–Trinajstić information content (AvgIpc) is 3.13. The van der Waals surface area contributed by atoms with Crippen molar-refractivity contribution in [3.05, 3.63) is 44.9 Å². The minimum atomic E-state index is -0.329. The number of aromatic nitrogens is 1. The predicted octanol–water partition coefficient (Wildman–Crippen LogP) is 2.93. The Morgan fingerprint density at radius 2 is 2.12 bits per heavy atom. The SMILES string of the molecule is CCOC(=O)c1cc(C)n(CC(=O)N2CCc3sccc3C2)c1C. The normalized spacial score (nSPS) is 13.7. The fourth-order valence-electron chi connectivity index (χ4n) is 3.16. The highest BCUT2D eigenvalue weighted by Gasteiger charge is 2.24. The minimum absolute atomic E-state index is 0.0871. The van der Waals surface area contributed by atoms with Crippen molar-refractivity contribution in [2.75, 3.05) is 13.2 Å². The van der Waals surface area contributed by atoms with E-state index in [1.165, 1.54) is 10.4 Å². The van der Waals surface area contributed by atoms with Crippen molar-refractivity contribution in [3.8, 4) is 0 Å². The Morgan fingerprint density at radius 3 is 2.88 bits per heavy atom. The lowest BCUT2D eigenvalue weighted by Crippen LogP contribution is -2.37. The largest absolute Gasteiger partial charge is 0.462 e. The number of ether oxygens (including phenoxy) is 1. The van der Waals surface area contributed by atoms with E-state index in [9.17, 15) is 9.59 Å². The third-order valence-electron chi connectivity index (χ3n) is 4.52. The van der Waals surface area contributed by atoms with Crippen LogP contribution in [0.15, 0.2) is 17.5 Å². The summed E-state index contributed by atoms with van der Waals surface area (Å²) in [6.45, 7) is 7.61. The molecule has 0 unspecified atom stereocenters. The quantitative estimate of drug-likeness (QED) is 0.800. The fraction of sp³-hybridized carbons (Fsp3) is 0.444. The van der Waals surface area contributed by atoms with Crippen LogP contribution in [-0.4, -0.2) is 34.5 Å². The first-order valence-corrected chi connectivity index (χ1v) is 9.06. The van der Waals surface area contributed by atoms with Gasteiger partial charge in [0.15, 0.2) is 0 Å². The molecule has 0 N–H and O–H groups in total. The first kappa shape index (κ1) is 16.8. The molecule has 1 aliphatic rings. The third-order valence-corrected chi connectivity index (χ3v) is 5.55. The maximum Gasteiger partial charge on any atom is 0.339 e. The topological polar surface area (TPSA) is 51.5 Å². The molecule has 2 aromatic rings. The summed E-state index contributed by atoms with van der Waals surface area (Å²) in [6.07, 6.45) is 0.927. The Bertz CT molecular complexity index is 775. The molecular formula is C18H22N2O3S. The maximum absolute atomic E-state index is 12.7. The first-order valence-electron chi connectivity index (χ1n) is 8.18. The van der Waals surface area contributed by atoms with E-state index in [1.54, 1.807) is 24.3 Å². The van der Waals surface area contributed by atoms with Crippen LogP contribution in [0.25, 0.3) is 0 Å². The molecule has 0 radical (unpaired) electrons. The van der Waals surface area contributed by atoms with Gasteiger partial charge in [0, 0.05) is 29.4 Å². The van der Waals surface area contributed by atoms with Crippen molar-refractivity contribution in [2.45, 2.75) is 40.3 Å². The van der Waals surface area contributed by atoms with Crippen molar-refractivity contribution < 1.29 is 14.3 Å². The lowest BCUT2D eigenvalue weighted by atomic mass is 10.1. The highest BCUT2D eigenvalue weighted by Crippen LogP contribution is 2.24. The predicted molar refractivity (Wildman–Crippen MR) is 93.3 cm³/mol. The molecule has 1 amide bonds. The lowest BCUT2D eigenvalue weighted by Gasteiger charge is -2.27. The summed E-state index contributed by atoms with van der Waals surface area (Å²) in [6, 6.07) is 3.90. The van der Waals surface area contributed by atoms with Crippen molar-refractivity contribution in [2.24, 2.45) is 0 Å². The zero-order valence-electron chi connectivity index (χ0n) is 14.3. The molecule has 0 fully saturated rings. The van der Waals surface area contributed by atoms with E-state index < -0.39 is 0 Å². The minimum Gasteiger partial charge on any atom is -0.462 e. The van der Waals surface area contributed by atoms with Gasteiger partial charge in [0.05, 0.1) is 12.2 Å². The molecule has 0 bridgehead atoms. The van der Waals surface area contributed by atoms with Gasteiger partial charge in [0.25, 0.3) is 0 Å². The molecule has 0 aliphatic carbocycles. The van der Waals surface area contributed by atoms with Gasteiger partial charge in [-0.1, -0.05) is 0 Å². The van der Waals surface area contributed by atoms with Crippen LogP contribution in [0.1, 0.15) is 39.1 Å². The molecule has 1 aliphatic heterocycles. The van der Waals surface area contributed by atoms with Crippen LogP contribution in [0, 0.1) is 13.8 Å². The summed E-state index contributed by atoms with van der Waals surface area (Å²) in [7, 11) is 0. The number of carbonyl (C=O) groups excluding carboxylic acids is 2. The molecule has 5 nitrogen and oxygen atoms in total. The Labute approximate surface area is 145 Å². The van der Waals surface area contributed by atoms with E-state index in [2.05, 4.69) is 11.4 Å². The Morgan fingerprint density at radius 1 is 1.33 bits per heavy atom. The number of hydrogen-bond donors (Lipinski definition) is 0. The van der Waals surface area contributed by atoms with Gasteiger partial charge in [-0.15, -0.1) is 11.3 Å². The van der Waals surface area contributed by atoms with Gasteiger partial charge in [-0.3, -0.25) is 4.79 Å². The number of aryl methyl sites for hydroxylation is 1. The van der Waals surface area contributed by atoms with Gasteiger partial charge in [0.1, 0.15) is 6.54 Å². The summed E-state index contributed by atoms with van der Waals surface area (Å²) >= 11 is 1.76. The molecule has 3 rings (SSSR count). The average molecular weight is 346 g/mol. The number of esters is 1. The number of rotatable bonds is 4. The molecule has 24 heavy (non-hydrogen) atoms. The molecule has 0 saturated heterocycles. The number of carbonyl (C=O) groups is 2. The Balaban J connectivity index is 1.74. The number of fused-ring (bicyclic) bond motifs is 1. The summed E-state index contributed by atoms with van der Waals surface area (Å²) in [5, 5.41) is 2.09. The number of amides is 1. The molecule has 0 spiro atoms. The van der Waals surface area contributed by atoms with Gasteiger partial charge in [-0.2, -0.15) is 0 Å². The van der Waals surface area contributed by atoms with Crippen molar-refractivity contribution in [1.29, 1.82) is 0 Å². The lowest BCUT2D eigenvalue weighted by molar-refractivity contribution is -0.132. The standard InChI is InChI=1S/C18H22N2O3S/c1-4-23-18(22)15-9-12(2)20(13(15)3)11-17(21)19-7-5-16-14(10-19)6-8-24-16/h6,8-9H,4-5,7,10-11H2,1-3H3. The molecule has 3 heterocycles. The maximum atomic E-state index is 12.7. The summed E-state index contributed by atoms with van der Waals surface area (Å²) < 4.78 is 6.98. The van der Waals surface area contributed by atoms with Crippen molar-refractivity contribution >= 4 is 23.2 Å². The fourth-order valence-corrected chi connectivity index (χ4v) is 4.05. The van der Waals surface area contributed by atoms with Crippen molar-refractivity contribution in [1.82, 2.24) is 9.47 Å². The number of nitrogens with zero attached hydrogens (tertiary/aromatic N) is 2. The van der Waals surface area contributed by atoms with Gasteiger partial charge >= 0.3 is 5.97 Å². The zero-order chi connectivity index (χ0) is 17.3. The van der Waals surface area contributed by atoms with Gasteiger partial charge in [-0.05, 0) is 50.3 Å². The van der Waals surface area contributed by atoms with E-state index in [0.717, 1.165) is 24.4 Å². The van der Waals surface area contributed by atoms with Crippen molar-refractivity contribution in [3.63, 3.8) is 0 Å². The van der Waals surface area contributed by atoms with Crippen LogP contribution in [0.5, 0.6) is 0 Å². The van der Waals surface area contributed by atoms with E-state index in [0.29, 0.717) is 18.7 Å². The van der Waals surface area contributed by atoms with Crippen LogP contribution in [0.3, 0.4) is 0 Å². The highest BCUT2D eigenvalue weighted by molar-refractivity contribution is 7.10. The van der Waals surface area contributed by atoms with Crippen LogP contribution in [-0.2, 0) is 29.0 Å². The summed E-state index contributed by atoms with van der Waals surface area (Å²) in [4.78, 5) is 28.0. The van der Waals surface area contributed by atoms with Crippen LogP contribution in [0.2, 0.25) is 0 Å². The molecule has 0 aromatic carbocycles. The van der Waals surface area contributed by atoms with Gasteiger partial charge < -0.3 is 14.2 Å². The molecule has 128 valence electrons. The molecule has 6 heteroatoms. The smallest absolute Gasteiger partial charge is 0.339 e. The number of hydrogen-bond acceptors (Lipinski definition) is 4. The first-order chi connectivity index (χ1) is 11.5. The van der Waals surface area contributed by atoms with E-state index in [-0.39, 0.29) is 18.4 Å². The molecule has 0 atom stereocenters. The van der Waals surface area contributed by atoms with E-state index in [1.807, 2.05) is 23.3 Å². The van der Waals surface area contributed by atoms with Crippen LogP contribution >= 0.6 is 11.3 Å². The van der Waals surface area contributed by atoms with Gasteiger partial charge in [0.2, 0.25) is 5.91 Å². The summed E-state index contributed by atoms with van der Waals surface area (Å²) in [5.74, 6) is -0.241. The molecule has 0 saturated carbocycles. The second-order valence-electron chi connectivity index (χ2n) is 6.03. The second kappa shape index (κ2) is 6.81. The third kappa shape index (κ3) is 3.11. The van der Waals surface area contributed by atoms with E-state index >= 15 is 0 Å². The Hall–Kier alpha value is -2.08. The second-order valence-corrected chi connectivity index (χ2v) is 7.03. The number of thiophene rings is 1. The highest BCUT2D eigenvalue weighted by atomic mass is 32.1. The molecule has 2 aromatic heterocycles. The van der Waals surface area contributed by atoms with Crippen LogP contribution < -0.4 is 0 Å². The van der Waals surface area contributed by atoms with Gasteiger partial charge in [-0.25, -0.2) is 4.79 Å². The Kier molecular flexibility index (Phi) is 4.76. The zero-order valence-corrected chi connectivity index (χ0v) is 15.1.